The third-order valence-corrected chi connectivity index (χ3v) is 8.68. The van der Waals surface area contributed by atoms with E-state index in [0.717, 1.165) is 18.1 Å². The van der Waals surface area contributed by atoms with Crippen molar-refractivity contribution in [2.45, 2.75) is 76.6 Å². The van der Waals surface area contributed by atoms with Gasteiger partial charge in [-0.3, -0.25) is 0 Å². The predicted octanol–water partition coefficient (Wildman–Crippen LogP) is 8.54. The summed E-state index contributed by atoms with van der Waals surface area (Å²) in [5.41, 5.74) is 1.12. The Labute approximate surface area is 220 Å². The lowest BCUT2D eigenvalue weighted by Gasteiger charge is -2.37. The Kier molecular flexibility index (Phi) is 8.29. The topological polar surface area (TPSA) is 27.7 Å². The maximum Gasteiger partial charge on any atom is 0.400 e. The number of alkyl halides is 2. The third-order valence-electron chi connectivity index (χ3n) is 8.68. The van der Waals surface area contributed by atoms with Crippen LogP contribution in [-0.4, -0.2) is 19.3 Å². The van der Waals surface area contributed by atoms with Crippen LogP contribution in [-0.2, 0) is 9.47 Å². The van der Waals surface area contributed by atoms with Gasteiger partial charge in [-0.25, -0.2) is 13.2 Å². The van der Waals surface area contributed by atoms with E-state index in [0.29, 0.717) is 55.1 Å². The van der Waals surface area contributed by atoms with Gasteiger partial charge in [0.2, 0.25) is 0 Å². The minimum absolute atomic E-state index is 0.104. The molecule has 2 aromatic carbocycles. The Morgan fingerprint density at radius 3 is 2.00 bits per heavy atom. The van der Waals surface area contributed by atoms with Crippen molar-refractivity contribution >= 4 is 0 Å². The molecule has 3 aliphatic rings. The summed E-state index contributed by atoms with van der Waals surface area (Å²) in [6.07, 6.45) is 1.64. The average molecular weight is 539 g/mol. The van der Waals surface area contributed by atoms with Crippen molar-refractivity contribution in [1.82, 2.24) is 0 Å². The maximum absolute atomic E-state index is 15.1. The van der Waals surface area contributed by atoms with Crippen LogP contribution in [0.4, 0.5) is 22.0 Å². The first-order chi connectivity index (χ1) is 18.2. The van der Waals surface area contributed by atoms with Gasteiger partial charge in [-0.1, -0.05) is 31.9 Å². The Balaban J connectivity index is 1.14. The van der Waals surface area contributed by atoms with Gasteiger partial charge in [0.1, 0.15) is 23.2 Å². The molecule has 0 unspecified atom stereocenters. The van der Waals surface area contributed by atoms with E-state index < -0.39 is 35.7 Å². The Morgan fingerprint density at radius 1 is 0.763 bits per heavy atom. The van der Waals surface area contributed by atoms with E-state index >= 15 is 4.39 Å². The van der Waals surface area contributed by atoms with Crippen LogP contribution in [0.25, 0.3) is 0 Å². The summed E-state index contributed by atoms with van der Waals surface area (Å²) in [7, 11) is 0. The van der Waals surface area contributed by atoms with Crippen molar-refractivity contribution in [2.75, 3.05) is 13.2 Å². The fourth-order valence-corrected chi connectivity index (χ4v) is 6.33. The molecule has 0 aromatic heterocycles. The molecule has 0 amide bonds. The molecule has 1 aliphatic heterocycles. The van der Waals surface area contributed by atoms with Gasteiger partial charge in [-0.15, -0.1) is 0 Å². The van der Waals surface area contributed by atoms with Crippen molar-refractivity contribution in [3.05, 3.63) is 65.0 Å². The van der Waals surface area contributed by atoms with Gasteiger partial charge >= 0.3 is 6.11 Å². The molecule has 2 aromatic rings. The van der Waals surface area contributed by atoms with Gasteiger partial charge in [0, 0.05) is 29.7 Å². The smallest absolute Gasteiger partial charge is 0.400 e. The largest absolute Gasteiger partial charge is 0.432 e. The minimum atomic E-state index is -3.59. The van der Waals surface area contributed by atoms with Crippen LogP contribution in [0.3, 0.4) is 0 Å². The molecule has 1 heterocycles. The SMILES string of the molecule is CC1CCC(C2COC(c3ccc(C4CCC(C(F)(F)Oc5cc(F)cc(F)c5)CC4)c(F)c3)OC2)CC1. The lowest BCUT2D eigenvalue weighted by Crippen LogP contribution is -2.37. The fraction of sp³-hybridized carbons (Fsp3) is 0.600. The number of hydrogen-bond acceptors (Lipinski definition) is 3. The van der Waals surface area contributed by atoms with Crippen LogP contribution < -0.4 is 4.74 Å². The Hall–Kier alpha value is -2.19. The Morgan fingerprint density at radius 2 is 1.39 bits per heavy atom. The summed E-state index contributed by atoms with van der Waals surface area (Å²) < 4.78 is 87.9. The van der Waals surface area contributed by atoms with E-state index in [9.17, 15) is 17.6 Å². The summed E-state index contributed by atoms with van der Waals surface area (Å²) in [6, 6.07) is 7.00. The van der Waals surface area contributed by atoms with Gasteiger partial charge in [-0.2, -0.15) is 8.78 Å². The maximum atomic E-state index is 15.1. The predicted molar refractivity (Wildman–Crippen MR) is 132 cm³/mol. The molecule has 0 bridgehead atoms. The third kappa shape index (κ3) is 6.33. The van der Waals surface area contributed by atoms with Crippen LogP contribution >= 0.6 is 0 Å². The highest BCUT2D eigenvalue weighted by Gasteiger charge is 2.44. The van der Waals surface area contributed by atoms with Crippen LogP contribution in [0.15, 0.2) is 36.4 Å². The van der Waals surface area contributed by atoms with Crippen molar-refractivity contribution in [2.24, 2.45) is 23.7 Å². The summed E-state index contributed by atoms with van der Waals surface area (Å²) in [5, 5.41) is 0. The first kappa shape index (κ1) is 27.4. The van der Waals surface area contributed by atoms with E-state index in [2.05, 4.69) is 11.7 Å². The molecule has 208 valence electrons. The molecule has 3 fully saturated rings. The van der Waals surface area contributed by atoms with Crippen molar-refractivity contribution < 1.29 is 36.2 Å². The zero-order valence-corrected chi connectivity index (χ0v) is 21.6. The first-order valence-electron chi connectivity index (χ1n) is 13.7. The van der Waals surface area contributed by atoms with Crippen molar-refractivity contribution in [3.8, 4) is 5.75 Å². The number of hydrogen-bond donors (Lipinski definition) is 0. The van der Waals surface area contributed by atoms with E-state index in [1.165, 1.54) is 31.7 Å². The number of ether oxygens (including phenoxy) is 3. The molecule has 1 saturated heterocycles. The van der Waals surface area contributed by atoms with E-state index in [4.69, 9.17) is 9.47 Å². The fourth-order valence-electron chi connectivity index (χ4n) is 6.33. The highest BCUT2D eigenvalue weighted by Crippen LogP contribution is 2.44. The normalized spacial score (nSPS) is 30.7. The van der Waals surface area contributed by atoms with Crippen LogP contribution in [0, 0.1) is 41.1 Å². The second-order valence-corrected chi connectivity index (χ2v) is 11.4. The molecule has 0 spiro atoms. The van der Waals surface area contributed by atoms with Gasteiger partial charge in [-0.05, 0) is 67.9 Å². The van der Waals surface area contributed by atoms with Crippen LogP contribution in [0.2, 0.25) is 0 Å². The standard InChI is InChI=1S/C30H35F5O3/c1-18-2-4-19(5-3-18)22-16-36-29(37-17-22)21-8-11-27(28(33)12-21)20-6-9-23(10-7-20)30(34,35)38-26-14-24(31)13-25(32)15-26/h8,11-15,18-20,22-23,29H,2-7,9-10,16-17H2,1H3. The molecule has 38 heavy (non-hydrogen) atoms. The van der Waals surface area contributed by atoms with E-state index in [1.54, 1.807) is 12.1 Å². The van der Waals surface area contributed by atoms with Gasteiger partial charge < -0.3 is 14.2 Å². The second kappa shape index (κ2) is 11.5. The lowest BCUT2D eigenvalue weighted by molar-refractivity contribution is -0.222. The molecule has 0 N–H and O–H groups in total. The quantitative estimate of drug-likeness (QED) is 0.345. The second-order valence-electron chi connectivity index (χ2n) is 11.4. The van der Waals surface area contributed by atoms with Gasteiger partial charge in [0.05, 0.1) is 19.1 Å². The molecule has 2 aliphatic carbocycles. The van der Waals surface area contributed by atoms with Gasteiger partial charge in [0.15, 0.2) is 6.29 Å². The molecular weight excluding hydrogens is 503 g/mol. The zero-order valence-electron chi connectivity index (χ0n) is 21.6. The summed E-state index contributed by atoms with van der Waals surface area (Å²) in [5.74, 6) is -2.46. The number of halogens is 5. The molecule has 2 saturated carbocycles. The lowest BCUT2D eigenvalue weighted by atomic mass is 9.76. The van der Waals surface area contributed by atoms with Crippen molar-refractivity contribution in [1.29, 1.82) is 0 Å². The minimum Gasteiger partial charge on any atom is -0.432 e. The zero-order chi connectivity index (χ0) is 26.9. The van der Waals surface area contributed by atoms with Crippen LogP contribution in [0.5, 0.6) is 5.75 Å². The highest BCUT2D eigenvalue weighted by molar-refractivity contribution is 5.29. The van der Waals surface area contributed by atoms with Crippen LogP contribution in [0.1, 0.15) is 81.6 Å². The number of rotatable bonds is 6. The first-order valence-corrected chi connectivity index (χ1v) is 13.7. The van der Waals surface area contributed by atoms with E-state index in [1.807, 2.05) is 0 Å². The Bertz CT molecular complexity index is 1070. The molecular formula is C30H35F5O3. The number of benzene rings is 2. The molecule has 0 atom stereocenters. The highest BCUT2D eigenvalue weighted by atomic mass is 19.3. The summed E-state index contributed by atoms with van der Waals surface area (Å²) >= 11 is 0. The average Bonchev–Trinajstić information content (AvgIpc) is 2.88. The molecule has 5 rings (SSSR count). The molecule has 8 heteroatoms. The van der Waals surface area contributed by atoms with E-state index in [-0.39, 0.29) is 24.6 Å². The molecule has 3 nitrogen and oxygen atoms in total. The summed E-state index contributed by atoms with van der Waals surface area (Å²) in [4.78, 5) is 0. The summed E-state index contributed by atoms with van der Waals surface area (Å²) in [6.45, 7) is 3.51. The molecule has 0 radical (unpaired) electrons. The van der Waals surface area contributed by atoms with Crippen molar-refractivity contribution in [3.63, 3.8) is 0 Å². The van der Waals surface area contributed by atoms with Gasteiger partial charge in [0.25, 0.3) is 0 Å². The monoisotopic (exact) mass is 538 g/mol.